The molecule has 0 saturated carbocycles. The SMILES string of the molecule is C1=CC=CCC=C1.CC.CCCCn1c(-c2ccccc2)nc(C(F)(F)F)c1CN(CC)Cc1ccc2c(c1)OC(F)(F)O2.OC(F)F. The average molecular weight is 686 g/mol. The molecule has 0 fully saturated rings. The van der Waals surface area contributed by atoms with Crippen LogP contribution >= 0.6 is 0 Å². The highest BCUT2D eigenvalue weighted by Crippen LogP contribution is 2.41. The van der Waals surface area contributed by atoms with Crippen molar-refractivity contribution in [1.82, 2.24) is 14.5 Å². The van der Waals surface area contributed by atoms with E-state index < -0.39 is 24.8 Å². The molecule has 6 nitrogen and oxygen atoms in total. The van der Waals surface area contributed by atoms with Crippen molar-refractivity contribution in [3.63, 3.8) is 0 Å². The van der Waals surface area contributed by atoms with E-state index in [0.717, 1.165) is 12.8 Å². The van der Waals surface area contributed by atoms with Crippen LogP contribution < -0.4 is 9.47 Å². The molecule has 0 unspecified atom stereocenters. The van der Waals surface area contributed by atoms with Crippen LogP contribution in [0.5, 0.6) is 11.5 Å². The molecule has 2 aromatic carbocycles. The van der Waals surface area contributed by atoms with E-state index in [2.05, 4.69) is 38.8 Å². The first-order chi connectivity index (χ1) is 22.8. The van der Waals surface area contributed by atoms with Gasteiger partial charge in [-0.15, -0.1) is 8.78 Å². The lowest BCUT2D eigenvalue weighted by Gasteiger charge is -2.23. The number of aromatic nitrogens is 2. The lowest BCUT2D eigenvalue weighted by molar-refractivity contribution is -0.286. The van der Waals surface area contributed by atoms with Gasteiger partial charge in [0.25, 0.3) is 0 Å². The molecule has 0 atom stereocenters. The summed E-state index contributed by atoms with van der Waals surface area (Å²) >= 11 is 0. The molecule has 1 aliphatic heterocycles. The van der Waals surface area contributed by atoms with Gasteiger partial charge in [0.1, 0.15) is 5.82 Å². The zero-order chi connectivity index (χ0) is 35.7. The molecule has 0 spiro atoms. The fourth-order valence-corrected chi connectivity index (χ4v) is 4.60. The number of hydrogen-bond donors (Lipinski definition) is 1. The number of halogens is 7. The quantitative estimate of drug-likeness (QED) is 0.227. The first-order valence-corrected chi connectivity index (χ1v) is 15.6. The van der Waals surface area contributed by atoms with Gasteiger partial charge in [0.2, 0.25) is 0 Å². The fraction of sp³-hybridized carbons (Fsp3) is 0.400. The van der Waals surface area contributed by atoms with Crippen molar-refractivity contribution in [2.24, 2.45) is 0 Å². The third kappa shape index (κ3) is 12.8. The zero-order valence-electron chi connectivity index (χ0n) is 27.4. The van der Waals surface area contributed by atoms with E-state index >= 15 is 0 Å². The molecule has 1 aromatic heterocycles. The average Bonchev–Trinajstić information content (AvgIpc) is 3.38. The second-order valence-corrected chi connectivity index (χ2v) is 10.1. The molecule has 1 N–H and O–H groups in total. The van der Waals surface area contributed by atoms with Crippen LogP contribution in [0.25, 0.3) is 11.4 Å². The number of unbranched alkanes of at least 4 members (excludes halogenated alkanes) is 1. The summed E-state index contributed by atoms with van der Waals surface area (Å²) in [5.41, 5.74) is 0.402. The van der Waals surface area contributed by atoms with E-state index in [4.69, 9.17) is 5.11 Å². The summed E-state index contributed by atoms with van der Waals surface area (Å²) in [6.45, 7) is 5.69. The third-order valence-corrected chi connectivity index (χ3v) is 6.68. The predicted octanol–water partition coefficient (Wildman–Crippen LogP) is 10.00. The molecule has 2 heterocycles. The summed E-state index contributed by atoms with van der Waals surface area (Å²) in [6.07, 6.45) is 6.65. The number of aliphatic hydroxyl groups excluding tert-OH is 1. The molecule has 2 aliphatic rings. The van der Waals surface area contributed by atoms with Gasteiger partial charge < -0.3 is 19.1 Å². The molecule has 0 radical (unpaired) electrons. The minimum Gasteiger partial charge on any atom is -0.395 e. The Morgan fingerprint density at radius 3 is 2.08 bits per heavy atom. The predicted molar refractivity (Wildman–Crippen MR) is 172 cm³/mol. The maximum Gasteiger partial charge on any atom is 0.586 e. The van der Waals surface area contributed by atoms with Crippen LogP contribution in [0.2, 0.25) is 0 Å². The monoisotopic (exact) mass is 685 g/mol. The van der Waals surface area contributed by atoms with Gasteiger partial charge in [-0.2, -0.15) is 22.0 Å². The van der Waals surface area contributed by atoms with E-state index in [1.165, 1.54) is 12.1 Å². The minimum atomic E-state index is -4.62. The molecule has 0 amide bonds. The third-order valence-electron chi connectivity index (χ3n) is 6.68. The van der Waals surface area contributed by atoms with Crippen LogP contribution in [-0.4, -0.2) is 39.0 Å². The molecule has 3 aromatic rings. The Kier molecular flexibility index (Phi) is 16.4. The molecule has 5 rings (SSSR count). The van der Waals surface area contributed by atoms with Crippen molar-refractivity contribution in [1.29, 1.82) is 0 Å². The smallest absolute Gasteiger partial charge is 0.395 e. The van der Waals surface area contributed by atoms with Gasteiger partial charge in [-0.05, 0) is 37.1 Å². The van der Waals surface area contributed by atoms with Crippen LogP contribution in [0, 0.1) is 0 Å². The van der Waals surface area contributed by atoms with Gasteiger partial charge in [0.05, 0.1) is 5.69 Å². The number of rotatable bonds is 9. The number of alkyl halides is 7. The van der Waals surface area contributed by atoms with Crippen molar-refractivity contribution in [3.05, 3.63) is 102 Å². The van der Waals surface area contributed by atoms with E-state index in [9.17, 15) is 30.7 Å². The first kappa shape index (κ1) is 40.1. The lowest BCUT2D eigenvalue weighted by Crippen LogP contribution is -2.26. The van der Waals surface area contributed by atoms with E-state index in [1.807, 2.05) is 39.8 Å². The van der Waals surface area contributed by atoms with Crippen molar-refractivity contribution in [3.8, 4) is 22.9 Å². The largest absolute Gasteiger partial charge is 0.586 e. The molecular weight excluding hydrogens is 643 g/mol. The summed E-state index contributed by atoms with van der Waals surface area (Å²) in [6, 6.07) is 13.2. The van der Waals surface area contributed by atoms with Gasteiger partial charge >= 0.3 is 19.1 Å². The standard InChI is InChI=1S/C25H26F5N3O2.C7H8.C2H6.CH2F2O/c1-3-5-13-33-19(22(24(26,27)28)31-23(33)18-9-7-6-8-10-18)16-32(4-2)15-17-11-12-20-21(14-17)35-25(29,30)34-20;1-2-4-6-7-5-3-1;1-2;2-1(3)4/h6-12,14H,3-5,13,15-16H2,1-2H3;1-6H,7H2;1-2H3;1,4H. The Balaban J connectivity index is 0.000000520. The number of allylic oxidation sites excluding steroid dienone is 6. The van der Waals surface area contributed by atoms with Crippen LogP contribution in [-0.2, 0) is 25.8 Å². The summed E-state index contributed by atoms with van der Waals surface area (Å²) in [5, 5.41) is 6.72. The Labute approximate surface area is 276 Å². The Bertz CT molecular complexity index is 1450. The molecular formula is C35H42F7N3O3. The van der Waals surface area contributed by atoms with Crippen LogP contribution in [0.4, 0.5) is 30.7 Å². The Morgan fingerprint density at radius 2 is 1.52 bits per heavy atom. The summed E-state index contributed by atoms with van der Waals surface area (Å²) in [7, 11) is 0. The Hall–Kier alpha value is -4.10. The fourth-order valence-electron chi connectivity index (χ4n) is 4.60. The van der Waals surface area contributed by atoms with Crippen molar-refractivity contribution < 1.29 is 45.3 Å². The first-order valence-electron chi connectivity index (χ1n) is 15.6. The van der Waals surface area contributed by atoms with Crippen molar-refractivity contribution >= 4 is 0 Å². The number of hydrogen-bond acceptors (Lipinski definition) is 5. The molecule has 264 valence electrons. The van der Waals surface area contributed by atoms with Gasteiger partial charge in [-0.1, -0.05) is 107 Å². The van der Waals surface area contributed by atoms with Crippen LogP contribution in [0.15, 0.2) is 85.0 Å². The van der Waals surface area contributed by atoms with Gasteiger partial charge in [0.15, 0.2) is 17.2 Å². The molecule has 0 bridgehead atoms. The summed E-state index contributed by atoms with van der Waals surface area (Å²) < 4.78 is 99.3. The second kappa shape index (κ2) is 19.7. The van der Waals surface area contributed by atoms with Crippen LogP contribution in [0.1, 0.15) is 63.9 Å². The van der Waals surface area contributed by atoms with Crippen LogP contribution in [0.3, 0.4) is 0 Å². The van der Waals surface area contributed by atoms with E-state index in [-0.39, 0.29) is 36.1 Å². The molecule has 13 heteroatoms. The molecule has 0 saturated heterocycles. The van der Waals surface area contributed by atoms with Crippen molar-refractivity contribution in [2.75, 3.05) is 6.54 Å². The highest BCUT2D eigenvalue weighted by atomic mass is 19.4. The number of aliphatic hydroxyl groups is 1. The maximum absolute atomic E-state index is 14.1. The second-order valence-electron chi connectivity index (χ2n) is 10.1. The highest BCUT2D eigenvalue weighted by molar-refractivity contribution is 5.57. The highest BCUT2D eigenvalue weighted by Gasteiger charge is 2.43. The van der Waals surface area contributed by atoms with E-state index in [0.29, 0.717) is 30.6 Å². The Morgan fingerprint density at radius 1 is 0.917 bits per heavy atom. The minimum absolute atomic E-state index is 0.0144. The molecule has 1 aliphatic carbocycles. The van der Waals surface area contributed by atoms with E-state index in [1.54, 1.807) is 45.9 Å². The summed E-state index contributed by atoms with van der Waals surface area (Å²) in [4.78, 5) is 5.86. The van der Waals surface area contributed by atoms with Crippen molar-refractivity contribution in [2.45, 2.75) is 85.7 Å². The normalized spacial score (nSPS) is 14.0. The summed E-state index contributed by atoms with van der Waals surface area (Å²) in [5.74, 6) is 0.105. The van der Waals surface area contributed by atoms with Gasteiger partial charge in [0, 0.05) is 25.2 Å². The number of benzene rings is 2. The topological polar surface area (TPSA) is 59.8 Å². The number of imidazole rings is 1. The number of ether oxygens (including phenoxy) is 2. The molecule has 48 heavy (non-hydrogen) atoms. The van der Waals surface area contributed by atoms with Gasteiger partial charge in [-0.3, -0.25) is 4.90 Å². The number of fused-ring (bicyclic) bond motifs is 1. The lowest BCUT2D eigenvalue weighted by atomic mass is 10.1. The zero-order valence-corrected chi connectivity index (χ0v) is 27.4. The number of nitrogens with zero attached hydrogens (tertiary/aromatic N) is 3. The maximum atomic E-state index is 14.1. The van der Waals surface area contributed by atoms with Gasteiger partial charge in [-0.25, -0.2) is 4.98 Å².